The first kappa shape index (κ1) is 13.1. The lowest BCUT2D eigenvalue weighted by atomic mass is 9.80. The molecule has 2 atom stereocenters. The standard InChI is InChI=1S/C16H23NO2/c1-12-8-14(11-17-10-12)15(18)13-4-7-19-16(9-13)5-2-3-6-16/h8,10-11,13,15,18H,2-7,9H2,1H3. The molecule has 0 amide bonds. The Kier molecular flexibility index (Phi) is 3.59. The highest BCUT2D eigenvalue weighted by atomic mass is 16.5. The van der Waals surface area contributed by atoms with E-state index in [-0.39, 0.29) is 5.60 Å². The van der Waals surface area contributed by atoms with Crippen molar-refractivity contribution >= 4 is 0 Å². The first-order valence-corrected chi connectivity index (χ1v) is 7.42. The zero-order valence-corrected chi connectivity index (χ0v) is 11.6. The van der Waals surface area contributed by atoms with Gasteiger partial charge in [0.05, 0.1) is 11.7 Å². The Morgan fingerprint density at radius 3 is 2.89 bits per heavy atom. The van der Waals surface area contributed by atoms with E-state index in [0.717, 1.165) is 30.6 Å². The summed E-state index contributed by atoms with van der Waals surface area (Å²) in [6.07, 6.45) is 10.1. The van der Waals surface area contributed by atoms with Crippen molar-refractivity contribution < 1.29 is 9.84 Å². The van der Waals surface area contributed by atoms with Gasteiger partial charge in [0.1, 0.15) is 0 Å². The van der Waals surface area contributed by atoms with Crippen LogP contribution in [0, 0.1) is 12.8 Å². The molecule has 2 fully saturated rings. The lowest BCUT2D eigenvalue weighted by molar-refractivity contribution is -0.113. The number of aliphatic hydroxyl groups is 1. The molecule has 1 aliphatic heterocycles. The summed E-state index contributed by atoms with van der Waals surface area (Å²) < 4.78 is 6.04. The molecule has 104 valence electrons. The van der Waals surface area contributed by atoms with Crippen LogP contribution in [0.25, 0.3) is 0 Å². The van der Waals surface area contributed by atoms with Gasteiger partial charge in [0.2, 0.25) is 0 Å². The first-order valence-electron chi connectivity index (χ1n) is 7.42. The molecule has 0 aromatic carbocycles. The van der Waals surface area contributed by atoms with E-state index in [1.807, 2.05) is 13.1 Å². The zero-order valence-electron chi connectivity index (χ0n) is 11.6. The Morgan fingerprint density at radius 2 is 2.16 bits per heavy atom. The monoisotopic (exact) mass is 261 g/mol. The quantitative estimate of drug-likeness (QED) is 0.889. The molecule has 1 aliphatic carbocycles. The molecular weight excluding hydrogens is 238 g/mol. The molecule has 1 aromatic heterocycles. The van der Waals surface area contributed by atoms with E-state index in [9.17, 15) is 5.11 Å². The molecule has 1 N–H and O–H groups in total. The lowest BCUT2D eigenvalue weighted by Gasteiger charge is -2.40. The third kappa shape index (κ3) is 2.67. The molecule has 2 unspecified atom stereocenters. The average Bonchev–Trinajstić information content (AvgIpc) is 2.86. The summed E-state index contributed by atoms with van der Waals surface area (Å²) in [5.74, 6) is 0.315. The summed E-state index contributed by atoms with van der Waals surface area (Å²) >= 11 is 0. The largest absolute Gasteiger partial charge is 0.388 e. The molecule has 1 spiro atoms. The summed E-state index contributed by atoms with van der Waals surface area (Å²) in [5, 5.41) is 10.6. The number of aromatic nitrogens is 1. The smallest absolute Gasteiger partial charge is 0.0835 e. The van der Waals surface area contributed by atoms with Crippen LogP contribution in [0.1, 0.15) is 55.8 Å². The van der Waals surface area contributed by atoms with Crippen molar-refractivity contribution in [3.05, 3.63) is 29.6 Å². The molecule has 2 heterocycles. The lowest BCUT2D eigenvalue weighted by Crippen LogP contribution is -2.39. The Morgan fingerprint density at radius 1 is 1.37 bits per heavy atom. The van der Waals surface area contributed by atoms with E-state index >= 15 is 0 Å². The molecule has 3 heteroatoms. The fraction of sp³-hybridized carbons (Fsp3) is 0.688. The average molecular weight is 261 g/mol. The maximum Gasteiger partial charge on any atom is 0.0835 e. The number of rotatable bonds is 2. The third-order valence-electron chi connectivity index (χ3n) is 4.73. The van der Waals surface area contributed by atoms with Crippen LogP contribution in [0.3, 0.4) is 0 Å². The van der Waals surface area contributed by atoms with Gasteiger partial charge in [-0.1, -0.05) is 18.9 Å². The molecule has 0 bridgehead atoms. The normalized spacial score (nSPS) is 27.6. The number of hydrogen-bond acceptors (Lipinski definition) is 3. The minimum atomic E-state index is -0.395. The molecule has 1 saturated carbocycles. The number of nitrogens with zero attached hydrogens (tertiary/aromatic N) is 1. The van der Waals surface area contributed by atoms with Gasteiger partial charge in [0, 0.05) is 19.0 Å². The van der Waals surface area contributed by atoms with Crippen molar-refractivity contribution in [2.24, 2.45) is 5.92 Å². The van der Waals surface area contributed by atoms with Gasteiger partial charge in [0.15, 0.2) is 0 Å². The highest BCUT2D eigenvalue weighted by molar-refractivity contribution is 5.19. The van der Waals surface area contributed by atoms with Crippen LogP contribution in [-0.4, -0.2) is 22.3 Å². The molecule has 3 nitrogen and oxygen atoms in total. The number of aliphatic hydroxyl groups excluding tert-OH is 1. The zero-order chi connectivity index (χ0) is 13.3. The predicted molar refractivity (Wildman–Crippen MR) is 73.8 cm³/mol. The van der Waals surface area contributed by atoms with Crippen molar-refractivity contribution in [2.75, 3.05) is 6.61 Å². The van der Waals surface area contributed by atoms with Gasteiger partial charge in [-0.2, -0.15) is 0 Å². The summed E-state index contributed by atoms with van der Waals surface area (Å²) in [6.45, 7) is 2.81. The van der Waals surface area contributed by atoms with Gasteiger partial charge < -0.3 is 9.84 Å². The van der Waals surface area contributed by atoms with Gasteiger partial charge in [-0.15, -0.1) is 0 Å². The van der Waals surface area contributed by atoms with E-state index in [1.54, 1.807) is 6.20 Å². The molecule has 2 aliphatic rings. The highest BCUT2D eigenvalue weighted by Crippen LogP contribution is 2.45. The fourth-order valence-corrected chi connectivity index (χ4v) is 3.72. The maximum atomic E-state index is 10.6. The maximum absolute atomic E-state index is 10.6. The van der Waals surface area contributed by atoms with Crippen LogP contribution >= 0.6 is 0 Å². The van der Waals surface area contributed by atoms with Gasteiger partial charge in [-0.3, -0.25) is 4.98 Å². The highest BCUT2D eigenvalue weighted by Gasteiger charge is 2.41. The summed E-state index contributed by atoms with van der Waals surface area (Å²) in [7, 11) is 0. The van der Waals surface area contributed by atoms with E-state index in [0.29, 0.717) is 5.92 Å². The van der Waals surface area contributed by atoms with Gasteiger partial charge in [-0.25, -0.2) is 0 Å². The topological polar surface area (TPSA) is 42.4 Å². The van der Waals surface area contributed by atoms with Crippen LogP contribution in [0.5, 0.6) is 0 Å². The van der Waals surface area contributed by atoms with Crippen molar-refractivity contribution in [2.45, 2.75) is 57.2 Å². The molecule has 1 saturated heterocycles. The summed E-state index contributed by atoms with van der Waals surface area (Å²) in [4.78, 5) is 4.20. The van der Waals surface area contributed by atoms with E-state index in [1.165, 1.54) is 25.7 Å². The summed E-state index contributed by atoms with van der Waals surface area (Å²) in [6, 6.07) is 2.05. The van der Waals surface area contributed by atoms with E-state index in [2.05, 4.69) is 11.1 Å². The van der Waals surface area contributed by atoms with Gasteiger partial charge in [-0.05, 0) is 49.7 Å². The number of hydrogen-bond donors (Lipinski definition) is 1. The van der Waals surface area contributed by atoms with E-state index in [4.69, 9.17) is 4.74 Å². The number of aryl methyl sites for hydroxylation is 1. The first-order chi connectivity index (χ1) is 9.19. The molecule has 1 aromatic rings. The Labute approximate surface area is 115 Å². The fourth-order valence-electron chi connectivity index (χ4n) is 3.72. The minimum absolute atomic E-state index is 0.0706. The van der Waals surface area contributed by atoms with Crippen LogP contribution in [0.15, 0.2) is 18.5 Å². The van der Waals surface area contributed by atoms with Gasteiger partial charge in [0.25, 0.3) is 0 Å². The number of pyridine rings is 1. The number of ether oxygens (including phenoxy) is 1. The van der Waals surface area contributed by atoms with Gasteiger partial charge >= 0.3 is 0 Å². The van der Waals surface area contributed by atoms with Crippen molar-refractivity contribution in [3.63, 3.8) is 0 Å². The Balaban J connectivity index is 1.74. The Bertz CT molecular complexity index is 440. The van der Waals surface area contributed by atoms with Crippen molar-refractivity contribution in [3.8, 4) is 0 Å². The van der Waals surface area contributed by atoms with Crippen LogP contribution in [0.4, 0.5) is 0 Å². The second-order valence-electron chi connectivity index (χ2n) is 6.23. The molecule has 19 heavy (non-hydrogen) atoms. The van der Waals surface area contributed by atoms with Crippen LogP contribution in [0.2, 0.25) is 0 Å². The molecule has 0 radical (unpaired) electrons. The molecule has 3 rings (SSSR count). The van der Waals surface area contributed by atoms with Crippen molar-refractivity contribution in [1.82, 2.24) is 4.98 Å². The SMILES string of the molecule is Cc1cncc(C(O)C2CCOC3(CCCC3)C2)c1. The minimum Gasteiger partial charge on any atom is -0.388 e. The molecular formula is C16H23NO2. The Hall–Kier alpha value is -0.930. The van der Waals surface area contributed by atoms with Crippen molar-refractivity contribution in [1.29, 1.82) is 0 Å². The second-order valence-corrected chi connectivity index (χ2v) is 6.23. The second kappa shape index (κ2) is 5.22. The summed E-state index contributed by atoms with van der Waals surface area (Å²) in [5.41, 5.74) is 2.14. The van der Waals surface area contributed by atoms with Crippen LogP contribution < -0.4 is 0 Å². The third-order valence-corrected chi connectivity index (χ3v) is 4.73. The predicted octanol–water partition coefficient (Wildman–Crippen LogP) is 3.16. The van der Waals surface area contributed by atoms with E-state index < -0.39 is 6.10 Å². The van der Waals surface area contributed by atoms with Crippen LogP contribution in [-0.2, 0) is 4.74 Å².